The van der Waals surface area contributed by atoms with E-state index in [0.29, 0.717) is 11.8 Å². The average molecular weight is 265 g/mol. The Morgan fingerprint density at radius 1 is 1.33 bits per heavy atom. The third-order valence-electron chi connectivity index (χ3n) is 3.40. The predicted octanol–water partition coefficient (Wildman–Crippen LogP) is 3.58. The van der Waals surface area contributed by atoms with Crippen molar-refractivity contribution >= 4 is 11.8 Å². The molecule has 1 saturated heterocycles. The number of rotatable bonds is 3. The van der Waals surface area contributed by atoms with Gasteiger partial charge in [-0.3, -0.25) is 0 Å². The lowest BCUT2D eigenvalue weighted by Crippen LogP contribution is -2.30. The van der Waals surface area contributed by atoms with Crippen molar-refractivity contribution in [2.45, 2.75) is 62.0 Å². The highest BCUT2D eigenvalue weighted by atomic mass is 32.2. The van der Waals surface area contributed by atoms with Crippen molar-refractivity contribution in [2.75, 3.05) is 0 Å². The van der Waals surface area contributed by atoms with E-state index in [0.717, 1.165) is 6.42 Å². The van der Waals surface area contributed by atoms with Gasteiger partial charge in [0.1, 0.15) is 0 Å². The molecule has 1 heterocycles. The Morgan fingerprint density at radius 3 is 2.61 bits per heavy atom. The van der Waals surface area contributed by atoms with Gasteiger partial charge in [-0.1, -0.05) is 12.1 Å². The van der Waals surface area contributed by atoms with Gasteiger partial charge < -0.3 is 10.5 Å². The lowest BCUT2D eigenvalue weighted by Gasteiger charge is -2.27. The van der Waals surface area contributed by atoms with Crippen LogP contribution in [-0.2, 0) is 11.3 Å². The molecule has 0 amide bonds. The van der Waals surface area contributed by atoms with Crippen molar-refractivity contribution in [3.8, 4) is 0 Å². The van der Waals surface area contributed by atoms with E-state index in [1.165, 1.54) is 10.5 Å². The van der Waals surface area contributed by atoms with Crippen LogP contribution < -0.4 is 5.73 Å². The first-order valence-corrected chi connectivity index (χ1v) is 7.36. The minimum atomic E-state index is -0.0765. The molecule has 2 N–H and O–H groups in total. The molecule has 3 heteroatoms. The van der Waals surface area contributed by atoms with E-state index in [-0.39, 0.29) is 11.2 Å². The lowest BCUT2D eigenvalue weighted by atomic mass is 10.0. The van der Waals surface area contributed by atoms with Gasteiger partial charge >= 0.3 is 0 Å². The smallest absolute Gasteiger partial charge is 0.0756 e. The molecule has 1 atom stereocenters. The molecule has 100 valence electrons. The first kappa shape index (κ1) is 13.9. The third kappa shape index (κ3) is 3.08. The highest BCUT2D eigenvalue weighted by molar-refractivity contribution is 8.00. The fourth-order valence-corrected chi connectivity index (χ4v) is 4.13. The maximum Gasteiger partial charge on any atom is 0.0756 e. The van der Waals surface area contributed by atoms with Gasteiger partial charge in [-0.2, -0.15) is 0 Å². The van der Waals surface area contributed by atoms with Gasteiger partial charge in [0.15, 0.2) is 0 Å². The van der Waals surface area contributed by atoms with Crippen LogP contribution >= 0.6 is 11.8 Å². The summed E-state index contributed by atoms with van der Waals surface area (Å²) in [5, 5.41) is 0.487. The topological polar surface area (TPSA) is 35.2 Å². The maximum absolute atomic E-state index is 6.13. The van der Waals surface area contributed by atoms with E-state index in [1.807, 2.05) is 11.8 Å². The van der Waals surface area contributed by atoms with E-state index >= 15 is 0 Å². The Labute approximate surface area is 114 Å². The number of benzene rings is 1. The van der Waals surface area contributed by atoms with Crippen LogP contribution in [0.15, 0.2) is 29.2 Å². The van der Waals surface area contributed by atoms with Crippen molar-refractivity contribution < 1.29 is 4.74 Å². The summed E-state index contributed by atoms with van der Waals surface area (Å²) in [7, 11) is 0. The van der Waals surface area contributed by atoms with Crippen LogP contribution in [0.25, 0.3) is 0 Å². The fraction of sp³-hybridized carbons (Fsp3) is 0.600. The lowest BCUT2D eigenvalue weighted by molar-refractivity contribution is -0.0631. The molecule has 1 aliphatic heterocycles. The van der Waals surface area contributed by atoms with Gasteiger partial charge in [-0.15, -0.1) is 11.8 Å². The summed E-state index contributed by atoms with van der Waals surface area (Å²) in [6.45, 7) is 9.32. The van der Waals surface area contributed by atoms with Crippen LogP contribution in [0.3, 0.4) is 0 Å². The van der Waals surface area contributed by atoms with Crippen LogP contribution in [0, 0.1) is 0 Å². The van der Waals surface area contributed by atoms with Crippen molar-refractivity contribution in [1.82, 2.24) is 0 Å². The summed E-state index contributed by atoms with van der Waals surface area (Å²) in [6.07, 6.45) is 1.08. The SMILES string of the molecule is CC1(C)CC(Sc2cccc(CN)c2)C(C)(C)O1. The maximum atomic E-state index is 6.13. The summed E-state index contributed by atoms with van der Waals surface area (Å²) >= 11 is 1.91. The van der Waals surface area contributed by atoms with E-state index in [4.69, 9.17) is 10.5 Å². The van der Waals surface area contributed by atoms with Crippen LogP contribution in [0.2, 0.25) is 0 Å². The van der Waals surface area contributed by atoms with Gasteiger partial charge in [0.05, 0.1) is 11.2 Å². The van der Waals surface area contributed by atoms with Crippen LogP contribution in [0.5, 0.6) is 0 Å². The van der Waals surface area contributed by atoms with Gasteiger partial charge in [-0.05, 0) is 51.8 Å². The predicted molar refractivity (Wildman–Crippen MR) is 77.8 cm³/mol. The molecule has 1 aromatic rings. The quantitative estimate of drug-likeness (QED) is 0.907. The molecule has 2 rings (SSSR count). The second-order valence-corrected chi connectivity index (χ2v) is 7.40. The summed E-state index contributed by atoms with van der Waals surface area (Å²) in [6, 6.07) is 8.50. The Morgan fingerprint density at radius 2 is 2.06 bits per heavy atom. The minimum absolute atomic E-state index is 0.0212. The first-order chi connectivity index (χ1) is 8.32. The summed E-state index contributed by atoms with van der Waals surface area (Å²) in [4.78, 5) is 1.29. The average Bonchev–Trinajstić information content (AvgIpc) is 2.47. The Bertz CT molecular complexity index is 428. The van der Waals surface area contributed by atoms with Crippen molar-refractivity contribution in [3.05, 3.63) is 29.8 Å². The Balaban J connectivity index is 2.13. The van der Waals surface area contributed by atoms with Crippen molar-refractivity contribution in [1.29, 1.82) is 0 Å². The zero-order valence-electron chi connectivity index (χ0n) is 11.7. The summed E-state index contributed by atoms with van der Waals surface area (Å²) in [5.41, 5.74) is 6.78. The van der Waals surface area contributed by atoms with Crippen molar-refractivity contribution in [2.24, 2.45) is 5.73 Å². The zero-order chi connectivity index (χ0) is 13.4. The van der Waals surface area contributed by atoms with E-state index < -0.39 is 0 Å². The molecule has 0 aromatic heterocycles. The number of ether oxygens (including phenoxy) is 1. The summed E-state index contributed by atoms with van der Waals surface area (Å²) in [5.74, 6) is 0. The monoisotopic (exact) mass is 265 g/mol. The number of hydrogen-bond acceptors (Lipinski definition) is 3. The zero-order valence-corrected chi connectivity index (χ0v) is 12.5. The van der Waals surface area contributed by atoms with Gasteiger partial charge in [0.2, 0.25) is 0 Å². The molecule has 0 aliphatic carbocycles. The van der Waals surface area contributed by atoms with Gasteiger partial charge in [0, 0.05) is 16.7 Å². The van der Waals surface area contributed by atoms with Crippen LogP contribution in [0.4, 0.5) is 0 Å². The third-order valence-corrected chi connectivity index (χ3v) is 4.95. The standard InChI is InChI=1S/C15H23NOS/c1-14(2)9-13(15(3,4)17-14)18-12-7-5-6-11(8-12)10-16/h5-8,13H,9-10,16H2,1-4H3. The Hall–Kier alpha value is -0.510. The molecule has 0 bridgehead atoms. The first-order valence-electron chi connectivity index (χ1n) is 6.48. The molecule has 1 aliphatic rings. The number of nitrogens with two attached hydrogens (primary N) is 1. The molecular weight excluding hydrogens is 242 g/mol. The van der Waals surface area contributed by atoms with E-state index in [9.17, 15) is 0 Å². The molecule has 0 spiro atoms. The normalized spacial score (nSPS) is 25.3. The highest BCUT2D eigenvalue weighted by Crippen LogP contribution is 2.46. The van der Waals surface area contributed by atoms with Crippen molar-refractivity contribution in [3.63, 3.8) is 0 Å². The second kappa shape index (κ2) is 4.87. The molecule has 2 nitrogen and oxygen atoms in total. The van der Waals surface area contributed by atoms with Crippen LogP contribution in [-0.4, -0.2) is 16.5 Å². The second-order valence-electron chi connectivity index (χ2n) is 6.13. The minimum Gasteiger partial charge on any atom is -0.368 e. The highest BCUT2D eigenvalue weighted by Gasteiger charge is 2.46. The van der Waals surface area contributed by atoms with Gasteiger partial charge in [0.25, 0.3) is 0 Å². The fourth-order valence-electron chi connectivity index (χ4n) is 2.61. The Kier molecular flexibility index (Phi) is 3.77. The summed E-state index contributed by atoms with van der Waals surface area (Å²) < 4.78 is 6.13. The molecule has 18 heavy (non-hydrogen) atoms. The molecule has 0 saturated carbocycles. The molecule has 0 radical (unpaired) electrons. The molecular formula is C15H23NOS. The molecule has 1 aromatic carbocycles. The molecule has 1 fully saturated rings. The largest absolute Gasteiger partial charge is 0.368 e. The van der Waals surface area contributed by atoms with E-state index in [1.54, 1.807) is 0 Å². The number of hydrogen-bond donors (Lipinski definition) is 1. The molecule has 1 unspecified atom stereocenters. The number of thioether (sulfide) groups is 1. The van der Waals surface area contributed by atoms with Gasteiger partial charge in [-0.25, -0.2) is 0 Å². The van der Waals surface area contributed by atoms with E-state index in [2.05, 4.69) is 52.0 Å². The van der Waals surface area contributed by atoms with Crippen LogP contribution in [0.1, 0.15) is 39.7 Å².